The summed E-state index contributed by atoms with van der Waals surface area (Å²) in [6.45, 7) is 1.03. The molecule has 0 aliphatic rings. The first-order valence-electron chi connectivity index (χ1n) is 8.68. The summed E-state index contributed by atoms with van der Waals surface area (Å²) in [6.07, 6.45) is 0. The molecule has 7 nitrogen and oxygen atoms in total. The number of halogens is 1. The summed E-state index contributed by atoms with van der Waals surface area (Å²) in [7, 11) is 1.38. The smallest absolute Gasteiger partial charge is 0.344 e. The minimum Gasteiger partial charge on any atom is -0.497 e. The molecule has 2 aromatic rings. The topological polar surface area (TPSA) is 117 Å². The first-order valence-corrected chi connectivity index (χ1v) is 8.68. The number of amidine groups is 1. The maximum atomic E-state index is 14.0. The molecule has 0 aromatic heterocycles. The minimum atomic E-state index is -0.915. The molecule has 0 radical (unpaired) electrons. The molecule has 0 fully saturated rings. The van der Waals surface area contributed by atoms with Gasteiger partial charge in [0.15, 0.2) is 6.61 Å². The Kier molecular flexibility index (Phi) is 7.47. The molecular weight excluding hydrogens is 377 g/mol. The molecule has 0 bridgehead atoms. The van der Waals surface area contributed by atoms with Crippen LogP contribution >= 0.6 is 0 Å². The van der Waals surface area contributed by atoms with Crippen LogP contribution in [-0.4, -0.2) is 31.3 Å². The van der Waals surface area contributed by atoms with Crippen molar-refractivity contribution in [1.29, 1.82) is 0 Å². The van der Waals surface area contributed by atoms with E-state index < -0.39 is 24.2 Å². The van der Waals surface area contributed by atoms with Crippen molar-refractivity contribution in [2.45, 2.75) is 13.5 Å². The zero-order valence-electron chi connectivity index (χ0n) is 16.1. The molecular formula is C21H22FN3O4. The van der Waals surface area contributed by atoms with Crippen molar-refractivity contribution in [2.75, 3.05) is 13.7 Å². The summed E-state index contributed by atoms with van der Waals surface area (Å²) < 4.78 is 23.8. The van der Waals surface area contributed by atoms with E-state index in [4.69, 9.17) is 20.9 Å². The predicted octanol–water partition coefficient (Wildman–Crippen LogP) is 2.35. The lowest BCUT2D eigenvalue weighted by molar-refractivity contribution is -0.137. The van der Waals surface area contributed by atoms with E-state index in [-0.39, 0.29) is 35.0 Å². The van der Waals surface area contributed by atoms with Gasteiger partial charge in [0.1, 0.15) is 23.0 Å². The Balaban J connectivity index is 2.06. The van der Waals surface area contributed by atoms with Gasteiger partial charge < -0.3 is 20.9 Å². The molecule has 0 aliphatic heterocycles. The van der Waals surface area contributed by atoms with Crippen molar-refractivity contribution in [3.63, 3.8) is 0 Å². The Labute approximate surface area is 167 Å². The van der Waals surface area contributed by atoms with Crippen LogP contribution < -0.4 is 16.2 Å². The van der Waals surface area contributed by atoms with Crippen molar-refractivity contribution in [1.82, 2.24) is 0 Å². The average Bonchev–Trinajstić information content (AvgIpc) is 2.71. The van der Waals surface area contributed by atoms with E-state index in [2.05, 4.69) is 4.99 Å². The van der Waals surface area contributed by atoms with Crippen molar-refractivity contribution in [2.24, 2.45) is 16.5 Å². The number of nitrogens with two attached hydrogens (primary N) is 2. The summed E-state index contributed by atoms with van der Waals surface area (Å²) in [5.41, 5.74) is 12.3. The normalized spacial score (nSPS) is 12.2. The molecule has 0 saturated heterocycles. The minimum absolute atomic E-state index is 0.0902. The van der Waals surface area contributed by atoms with Crippen molar-refractivity contribution >= 4 is 17.6 Å². The predicted molar refractivity (Wildman–Crippen MR) is 107 cm³/mol. The van der Waals surface area contributed by atoms with Gasteiger partial charge >= 0.3 is 5.97 Å². The molecule has 2 aromatic carbocycles. The fourth-order valence-electron chi connectivity index (χ4n) is 2.44. The summed E-state index contributed by atoms with van der Waals surface area (Å²) in [6, 6.07) is 13.0. The third-order valence-corrected chi connectivity index (χ3v) is 3.94. The van der Waals surface area contributed by atoms with E-state index in [9.17, 15) is 14.0 Å². The van der Waals surface area contributed by atoms with E-state index in [0.717, 1.165) is 11.6 Å². The Hall–Kier alpha value is -3.68. The molecule has 0 aliphatic carbocycles. The van der Waals surface area contributed by atoms with Crippen LogP contribution in [0.2, 0.25) is 0 Å². The highest BCUT2D eigenvalue weighted by atomic mass is 19.1. The quantitative estimate of drug-likeness (QED) is 0.231. The highest BCUT2D eigenvalue weighted by molar-refractivity contribution is 6.19. The summed E-state index contributed by atoms with van der Waals surface area (Å²) >= 11 is 0. The fraction of sp³-hybridized carbons (Fsp3) is 0.190. The molecule has 0 spiro atoms. The van der Waals surface area contributed by atoms with Gasteiger partial charge in [-0.2, -0.15) is 0 Å². The lowest BCUT2D eigenvalue weighted by Gasteiger charge is -2.10. The first-order chi connectivity index (χ1) is 13.8. The maximum absolute atomic E-state index is 14.0. The van der Waals surface area contributed by atoms with Gasteiger partial charge in [0, 0.05) is 11.8 Å². The standard InChI is InChI=1S/C21H22FN3O4/c1-13(23)19(20(24)25-11-14-6-4-3-5-7-14)21(27)29-12-18(26)16-9-8-15(28-2)10-17(16)22/h3-10H,11-12,23H2,1-2H3,(H2,24,25)/b19-13+. The number of aliphatic imine (C=N–C) groups is 1. The zero-order chi connectivity index (χ0) is 21.4. The van der Waals surface area contributed by atoms with E-state index in [0.29, 0.717) is 0 Å². The van der Waals surface area contributed by atoms with Crippen molar-refractivity contribution < 1.29 is 23.5 Å². The third kappa shape index (κ3) is 5.90. The van der Waals surface area contributed by atoms with Crippen LogP contribution in [0.3, 0.4) is 0 Å². The van der Waals surface area contributed by atoms with E-state index >= 15 is 0 Å². The highest BCUT2D eigenvalue weighted by Crippen LogP contribution is 2.17. The highest BCUT2D eigenvalue weighted by Gasteiger charge is 2.21. The molecule has 152 valence electrons. The average molecular weight is 399 g/mol. The molecule has 0 amide bonds. The van der Waals surface area contributed by atoms with Crippen LogP contribution in [-0.2, 0) is 16.1 Å². The van der Waals surface area contributed by atoms with E-state index in [1.807, 2.05) is 30.3 Å². The Bertz CT molecular complexity index is 952. The van der Waals surface area contributed by atoms with Gasteiger partial charge in [0.05, 0.1) is 19.2 Å². The second-order valence-electron chi connectivity index (χ2n) is 6.09. The van der Waals surface area contributed by atoms with Crippen LogP contribution in [0, 0.1) is 5.82 Å². The number of hydrogen-bond donors (Lipinski definition) is 2. The number of benzene rings is 2. The Morgan fingerprint density at radius 1 is 1.10 bits per heavy atom. The number of carbonyl (C=O) groups excluding carboxylic acids is 2. The zero-order valence-corrected chi connectivity index (χ0v) is 16.1. The van der Waals surface area contributed by atoms with E-state index in [1.165, 1.54) is 26.2 Å². The molecule has 8 heteroatoms. The van der Waals surface area contributed by atoms with Gasteiger partial charge in [-0.25, -0.2) is 9.18 Å². The number of hydrogen-bond acceptors (Lipinski definition) is 6. The Morgan fingerprint density at radius 2 is 1.79 bits per heavy atom. The number of ether oxygens (including phenoxy) is 2. The number of methoxy groups -OCH3 is 1. The second kappa shape index (κ2) is 10.0. The van der Waals surface area contributed by atoms with Crippen molar-refractivity contribution in [3.05, 3.63) is 76.7 Å². The largest absolute Gasteiger partial charge is 0.497 e. The van der Waals surface area contributed by atoms with Crippen LogP contribution in [0.5, 0.6) is 5.75 Å². The molecule has 0 heterocycles. The summed E-state index contributed by atoms with van der Waals surface area (Å²) in [5.74, 6) is -2.25. The van der Waals surface area contributed by atoms with Crippen molar-refractivity contribution in [3.8, 4) is 5.75 Å². The molecule has 2 rings (SSSR count). The first kappa shape index (κ1) is 21.6. The second-order valence-corrected chi connectivity index (χ2v) is 6.09. The Morgan fingerprint density at radius 3 is 2.38 bits per heavy atom. The fourth-order valence-corrected chi connectivity index (χ4v) is 2.44. The van der Waals surface area contributed by atoms with Gasteiger partial charge in [0.25, 0.3) is 0 Å². The van der Waals surface area contributed by atoms with Gasteiger partial charge in [-0.05, 0) is 24.6 Å². The molecule has 29 heavy (non-hydrogen) atoms. The maximum Gasteiger partial charge on any atom is 0.344 e. The number of ketones is 1. The lowest BCUT2D eigenvalue weighted by Crippen LogP contribution is -2.28. The van der Waals surface area contributed by atoms with Gasteiger partial charge in [-0.15, -0.1) is 0 Å². The molecule has 0 atom stereocenters. The number of carbonyl (C=O) groups is 2. The van der Waals surface area contributed by atoms with Gasteiger partial charge in [-0.1, -0.05) is 30.3 Å². The van der Waals surface area contributed by atoms with Crippen LogP contribution in [0.25, 0.3) is 0 Å². The number of Topliss-reactive ketones (excluding diaryl/α,β-unsaturated/α-hetero) is 1. The van der Waals surface area contributed by atoms with E-state index in [1.54, 1.807) is 0 Å². The lowest BCUT2D eigenvalue weighted by atomic mass is 10.1. The number of nitrogens with zero attached hydrogens (tertiary/aromatic N) is 1. The summed E-state index contributed by atoms with van der Waals surface area (Å²) in [4.78, 5) is 28.7. The van der Waals surface area contributed by atoms with Gasteiger partial charge in [-0.3, -0.25) is 9.79 Å². The van der Waals surface area contributed by atoms with Crippen LogP contribution in [0.4, 0.5) is 4.39 Å². The number of allylic oxidation sites excluding steroid dienone is 1. The van der Waals surface area contributed by atoms with Crippen LogP contribution in [0.15, 0.2) is 64.8 Å². The monoisotopic (exact) mass is 399 g/mol. The summed E-state index contributed by atoms with van der Waals surface area (Å²) in [5, 5.41) is 0. The number of esters is 1. The number of rotatable bonds is 8. The van der Waals surface area contributed by atoms with Crippen LogP contribution in [0.1, 0.15) is 22.8 Å². The molecule has 4 N–H and O–H groups in total. The third-order valence-electron chi connectivity index (χ3n) is 3.94. The SMILES string of the molecule is COc1ccc(C(=O)COC(=O)/C(C(N)=NCc2ccccc2)=C(\C)N)c(F)c1. The molecule has 0 saturated carbocycles. The van der Waals surface area contributed by atoms with Gasteiger partial charge in [0.2, 0.25) is 5.78 Å². The molecule has 0 unspecified atom stereocenters.